The first-order valence-corrected chi connectivity index (χ1v) is 15.1. The quantitative estimate of drug-likeness (QED) is 0.143. The van der Waals surface area contributed by atoms with Crippen molar-refractivity contribution in [2.75, 3.05) is 0 Å². The fraction of sp³-hybridized carbons (Fsp3) is 0. The van der Waals surface area contributed by atoms with Crippen LogP contribution in [0.1, 0.15) is 0 Å². The molecule has 0 fully saturated rings. The van der Waals surface area contributed by atoms with Crippen LogP contribution >= 0.6 is 7.82 Å². The van der Waals surface area contributed by atoms with Crippen LogP contribution in [0, 0.1) is 27.4 Å². The topological polar surface area (TPSA) is 210 Å². The van der Waals surface area contributed by atoms with Crippen LogP contribution in [0.4, 0.5) is 11.4 Å². The number of nitro groups is 2. The zero-order valence-corrected chi connectivity index (χ0v) is 19.3. The molecule has 0 spiro atoms. The Balaban J connectivity index is 0.000000370. The molecule has 0 amide bonds. The van der Waals surface area contributed by atoms with Crippen LogP contribution in [0.3, 0.4) is 0 Å². The average Bonchev–Trinajstić information content (AvgIpc) is 2.52. The van der Waals surface area contributed by atoms with Crippen molar-refractivity contribution in [2.45, 2.75) is 0 Å². The molecule has 2 aromatic carbocycles. The zero-order valence-electron chi connectivity index (χ0n) is 13.3. The third-order valence-electron chi connectivity index (χ3n) is 2.44. The fourth-order valence-corrected chi connectivity index (χ4v) is 6.79. The van der Waals surface area contributed by atoms with E-state index in [2.05, 4.69) is 3.18 Å². The van der Waals surface area contributed by atoms with Gasteiger partial charge in [-0.05, 0) is 12.1 Å². The van der Waals surface area contributed by atoms with Crippen molar-refractivity contribution in [3.63, 3.8) is 0 Å². The molecule has 0 atom stereocenters. The van der Waals surface area contributed by atoms with Gasteiger partial charge in [0.1, 0.15) is 0 Å². The first-order chi connectivity index (χ1) is 12.8. The molecule has 0 heterocycles. The van der Waals surface area contributed by atoms with Gasteiger partial charge < -0.3 is 0 Å². The number of halogens is 1. The molecule has 0 aliphatic heterocycles. The van der Waals surface area contributed by atoms with Crippen LogP contribution in [0.2, 0.25) is 0 Å². The molecular weight excluding hydrogens is 690 g/mol. The largest absolute Gasteiger partial charge is 0.358 e. The van der Waals surface area contributed by atoms with E-state index in [1.54, 1.807) is 24.3 Å². The molecule has 0 aliphatic carbocycles. The van der Waals surface area contributed by atoms with Gasteiger partial charge in [0.05, 0.1) is 22.0 Å². The molecule has 0 aliphatic rings. The van der Waals surface area contributed by atoms with Gasteiger partial charge in [0.15, 0.2) is 0 Å². The maximum atomic E-state index is 10.7. The minimum atomic E-state index is -6.44. The fourth-order valence-electron chi connectivity index (χ4n) is 1.54. The van der Waals surface area contributed by atoms with Gasteiger partial charge in [-0.2, -0.15) is 0 Å². The summed E-state index contributed by atoms with van der Waals surface area (Å²) in [5.41, 5.74) is 0.0882. The molecule has 2 rings (SSSR count). The second kappa shape index (κ2) is 10.2. The first kappa shape index (κ1) is 24.4. The van der Waals surface area contributed by atoms with Gasteiger partial charge in [0.25, 0.3) is 11.4 Å². The Morgan fingerprint density at radius 2 is 1.32 bits per heavy atom. The van der Waals surface area contributed by atoms with E-state index in [0.29, 0.717) is 0 Å². The Bertz CT molecular complexity index is 968. The summed E-state index contributed by atoms with van der Waals surface area (Å²) in [6.45, 7) is 0. The van der Waals surface area contributed by atoms with Crippen LogP contribution in [-0.4, -0.2) is 19.6 Å². The van der Waals surface area contributed by atoms with Crippen LogP contribution in [0.25, 0.3) is 0 Å². The summed E-state index contributed by atoms with van der Waals surface area (Å²) < 4.78 is 42.6. The minimum Gasteiger partial charge on any atom is -0.258 e. The number of hydrogen-bond acceptors (Lipinski definition) is 9. The normalized spacial score (nSPS) is 11.2. The zero-order chi connectivity index (χ0) is 21.5. The summed E-state index contributed by atoms with van der Waals surface area (Å²) in [5, 5.41) is 21.4. The Morgan fingerprint density at radius 1 is 0.929 bits per heavy atom. The van der Waals surface area contributed by atoms with E-state index in [1.807, 2.05) is 0 Å². The number of benzene rings is 2. The smallest absolute Gasteiger partial charge is 0.258 e. The van der Waals surface area contributed by atoms with E-state index < -0.39 is 55.6 Å². The molecule has 0 bridgehead atoms. The molecule has 13 nitrogen and oxygen atoms in total. The van der Waals surface area contributed by atoms with Crippen molar-refractivity contribution in [1.82, 2.24) is 0 Å². The molecule has 152 valence electrons. The summed E-state index contributed by atoms with van der Waals surface area (Å²) in [6, 6.07) is 12.8. The number of nitro benzene ring substituents is 2. The third-order valence-corrected chi connectivity index (χ3v) is 9.47. The second-order valence-electron chi connectivity index (χ2n) is 4.54. The van der Waals surface area contributed by atoms with Gasteiger partial charge in [-0.3, -0.25) is 20.2 Å². The number of nitrogens with zero attached hydrogens (tertiary/aromatic N) is 2. The minimum absolute atomic E-state index is 0.0441. The SMILES string of the molecule is O=P(O)(O)[O][W](=[O])(=[O])[O-].O=[N+]([O-])c1cccc([I+]c2cccc([N+](=O)[O-])c2)c1. The van der Waals surface area contributed by atoms with Crippen LogP contribution < -0.4 is 25.0 Å². The molecule has 0 radical (unpaired) electrons. The van der Waals surface area contributed by atoms with Crippen LogP contribution in [0.5, 0.6) is 0 Å². The summed E-state index contributed by atoms with van der Waals surface area (Å²) in [7, 11) is -5.13. The maximum Gasteiger partial charge on any atom is 0.358 e. The van der Waals surface area contributed by atoms with E-state index in [9.17, 15) is 35.3 Å². The Hall–Kier alpha value is -1.67. The predicted octanol–water partition coefficient (Wildman–Crippen LogP) is -2.24. The van der Waals surface area contributed by atoms with E-state index in [4.69, 9.17) is 9.79 Å². The van der Waals surface area contributed by atoms with Crippen molar-refractivity contribution in [3.8, 4) is 0 Å². The van der Waals surface area contributed by atoms with Crippen molar-refractivity contribution < 1.29 is 75.9 Å². The van der Waals surface area contributed by atoms with Gasteiger partial charge in [-0.1, -0.05) is 12.1 Å². The number of rotatable bonds is 6. The monoisotopic (exact) mass is 700 g/mol. The van der Waals surface area contributed by atoms with Crippen LogP contribution in [0.15, 0.2) is 48.5 Å². The molecule has 2 N–H and O–H groups in total. The molecule has 2 aromatic rings. The second-order valence-corrected chi connectivity index (χ2v) is 13.2. The molecule has 28 heavy (non-hydrogen) atoms. The van der Waals surface area contributed by atoms with Crippen molar-refractivity contribution >= 4 is 19.2 Å². The van der Waals surface area contributed by atoms with Gasteiger partial charge in [-0.25, -0.2) is 0 Å². The number of non-ortho nitro benzene ring substituents is 2. The first-order valence-electron chi connectivity index (χ1n) is 6.63. The van der Waals surface area contributed by atoms with Gasteiger partial charge in [0.2, 0.25) is 7.14 Å². The molecule has 16 heteroatoms. The summed E-state index contributed by atoms with van der Waals surface area (Å²) in [4.78, 5) is 35.9. The average molecular weight is 700 g/mol. The van der Waals surface area contributed by atoms with E-state index in [0.717, 1.165) is 7.14 Å². The molecule has 0 aromatic heterocycles. The van der Waals surface area contributed by atoms with E-state index in [1.165, 1.54) is 24.3 Å². The Labute approximate surface area is 170 Å². The van der Waals surface area contributed by atoms with Crippen molar-refractivity contribution in [3.05, 3.63) is 75.9 Å². The van der Waals surface area contributed by atoms with Crippen molar-refractivity contribution in [2.24, 2.45) is 0 Å². The maximum absolute atomic E-state index is 10.7. The summed E-state index contributed by atoms with van der Waals surface area (Å²) in [5.74, 6) is 0. The summed E-state index contributed by atoms with van der Waals surface area (Å²) >= 11 is -7.11. The van der Waals surface area contributed by atoms with E-state index >= 15 is 0 Å². The van der Waals surface area contributed by atoms with E-state index in [-0.39, 0.29) is 11.4 Å². The predicted molar refractivity (Wildman–Crippen MR) is 78.1 cm³/mol. The van der Waals surface area contributed by atoms with Crippen LogP contribution in [-0.2, 0) is 31.3 Å². The van der Waals surface area contributed by atoms with Crippen molar-refractivity contribution in [1.29, 1.82) is 0 Å². The van der Waals surface area contributed by atoms with Gasteiger partial charge in [-0.15, -0.1) is 0 Å². The molecule has 0 saturated heterocycles. The number of hydrogen-bond donors (Lipinski definition) is 2. The summed E-state index contributed by atoms with van der Waals surface area (Å²) in [6.07, 6.45) is 0. The Kier molecular flexibility index (Phi) is 8.88. The standard InChI is InChI=1S/C12H8IN2O4.H3O4P.3O.W/c16-14(17)11-5-1-3-9(7-11)13-10-4-2-6-12(8-10)15(18)19;1-5(2,3)4;;;;/h1-8H;(H3,1,2,3,4);;;;/q+1;;;;-1;+1/p-1. The molecule has 0 saturated carbocycles. The molecule has 0 unspecified atom stereocenters. The van der Waals surface area contributed by atoms with Gasteiger partial charge in [0, 0.05) is 12.1 Å². The van der Waals surface area contributed by atoms with Gasteiger partial charge >= 0.3 is 73.9 Å². The number of phosphoric acid groups is 1. The molecular formula is C12H10IN2O11PW. The Morgan fingerprint density at radius 3 is 1.57 bits per heavy atom. The third kappa shape index (κ3) is 10.0.